The average molecular weight is 540 g/mol. The molecule has 4 rings (SSSR count). The first-order valence-electron chi connectivity index (χ1n) is 9.92. The minimum Gasteiger partial charge on any atom is -0.480 e. The molecule has 3 N–H and O–H groups in total. The summed E-state index contributed by atoms with van der Waals surface area (Å²) in [6.45, 7) is 0. The molecule has 0 saturated carbocycles. The Bertz CT molecular complexity index is 1650. The second-order valence-electron chi connectivity index (χ2n) is 7.41. The highest BCUT2D eigenvalue weighted by atomic mass is 32.2. The minimum atomic E-state index is -4.40. The smallest absolute Gasteiger partial charge is 0.322 e. The van der Waals surface area contributed by atoms with Gasteiger partial charge in [-0.3, -0.25) is 4.79 Å². The van der Waals surface area contributed by atoms with Crippen molar-refractivity contribution < 1.29 is 40.3 Å². The fourth-order valence-electron chi connectivity index (χ4n) is 3.30. The summed E-state index contributed by atoms with van der Waals surface area (Å²) in [5.74, 6) is -4.20. The lowest BCUT2D eigenvalue weighted by molar-refractivity contribution is -0.138. The number of aromatic amines is 1. The molecule has 2 heterocycles. The molecule has 2 aromatic carbocycles. The van der Waals surface area contributed by atoms with Crippen molar-refractivity contribution in [3.05, 3.63) is 87.7 Å². The number of sulfonamides is 1. The summed E-state index contributed by atoms with van der Waals surface area (Å²) >= 11 is 0.736. The van der Waals surface area contributed by atoms with E-state index in [1.165, 1.54) is 36.4 Å². The van der Waals surface area contributed by atoms with Crippen LogP contribution < -0.4 is 4.72 Å². The van der Waals surface area contributed by atoms with Crippen molar-refractivity contribution in [2.45, 2.75) is 16.7 Å². The van der Waals surface area contributed by atoms with Crippen molar-refractivity contribution in [3.8, 4) is 11.8 Å². The summed E-state index contributed by atoms with van der Waals surface area (Å²) in [5, 5.41) is 8.80. The van der Waals surface area contributed by atoms with Gasteiger partial charge in [-0.05, 0) is 42.0 Å². The topological polar surface area (TPSA) is 99.3 Å². The molecule has 0 spiro atoms. The van der Waals surface area contributed by atoms with E-state index < -0.39 is 68.4 Å². The number of fused-ring (bicyclic) bond motifs is 1. The van der Waals surface area contributed by atoms with Gasteiger partial charge in [0.1, 0.15) is 16.1 Å². The van der Waals surface area contributed by atoms with E-state index in [4.69, 9.17) is 0 Å². The highest BCUT2D eigenvalue weighted by Gasteiger charge is 2.30. The Labute approximate surface area is 204 Å². The molecule has 0 aliphatic rings. The first-order chi connectivity index (χ1) is 17.0. The largest absolute Gasteiger partial charge is 0.480 e. The maximum atomic E-state index is 14.3. The summed E-state index contributed by atoms with van der Waals surface area (Å²) in [4.78, 5) is 14.3. The Morgan fingerprint density at radius 3 is 2.31 bits per heavy atom. The third-order valence-electron chi connectivity index (χ3n) is 5.02. The van der Waals surface area contributed by atoms with Crippen LogP contribution in [-0.4, -0.2) is 30.5 Å². The summed E-state index contributed by atoms with van der Waals surface area (Å²) in [5.41, 5.74) is -0.527. The molecule has 0 amide bonds. The summed E-state index contributed by atoms with van der Waals surface area (Å²) in [7, 11) is -4.40. The number of hydrogen-bond acceptors (Lipinski definition) is 4. The first kappa shape index (κ1) is 25.4. The molecule has 1 unspecified atom stereocenters. The number of hydrogen-bond donors (Lipinski definition) is 3. The normalized spacial score (nSPS) is 12.4. The number of benzene rings is 2. The third-order valence-corrected chi connectivity index (χ3v) is 7.98. The number of nitrogens with one attached hydrogen (secondary N) is 2. The van der Waals surface area contributed by atoms with Gasteiger partial charge < -0.3 is 10.1 Å². The number of H-pyrrole nitrogens is 1. The van der Waals surface area contributed by atoms with Gasteiger partial charge in [-0.1, -0.05) is 11.8 Å². The number of rotatable bonds is 6. The van der Waals surface area contributed by atoms with Gasteiger partial charge in [0.15, 0.2) is 23.3 Å². The SMILES string of the molecule is O=C(O)C(Cc1c[nH]c2c(F)c(F)c(F)c(F)c12)NS(=O)(=O)c1ccc(C#Cc2ccc(F)cc2)s1. The molecule has 0 bridgehead atoms. The van der Waals surface area contributed by atoms with Crippen LogP contribution in [0.5, 0.6) is 0 Å². The van der Waals surface area contributed by atoms with Crippen molar-refractivity contribution in [1.29, 1.82) is 0 Å². The third kappa shape index (κ3) is 4.97. The molecule has 0 fully saturated rings. The monoisotopic (exact) mass is 540 g/mol. The molecule has 0 saturated heterocycles. The van der Waals surface area contributed by atoms with E-state index in [9.17, 15) is 40.3 Å². The Kier molecular flexibility index (Phi) is 6.85. The maximum absolute atomic E-state index is 14.3. The molecule has 36 heavy (non-hydrogen) atoms. The lowest BCUT2D eigenvalue weighted by Crippen LogP contribution is -2.42. The summed E-state index contributed by atoms with van der Waals surface area (Å²) < 4.78 is 95.7. The van der Waals surface area contributed by atoms with Crippen molar-refractivity contribution in [1.82, 2.24) is 9.71 Å². The van der Waals surface area contributed by atoms with Gasteiger partial charge in [-0.25, -0.2) is 30.4 Å². The molecule has 1 atom stereocenters. The zero-order chi connectivity index (χ0) is 26.2. The number of aliphatic carboxylic acids is 1. The minimum absolute atomic E-state index is 0.276. The number of carbonyl (C=O) groups is 1. The molecular weight excluding hydrogens is 527 g/mol. The molecule has 0 aliphatic heterocycles. The van der Waals surface area contributed by atoms with Crippen LogP contribution in [0, 0.1) is 40.9 Å². The quantitative estimate of drug-likeness (QED) is 0.147. The lowest BCUT2D eigenvalue weighted by atomic mass is 10.0. The van der Waals surface area contributed by atoms with Gasteiger partial charge in [0.25, 0.3) is 10.0 Å². The molecule has 13 heteroatoms. The molecule has 6 nitrogen and oxygen atoms in total. The Morgan fingerprint density at radius 1 is 0.972 bits per heavy atom. The first-order valence-corrected chi connectivity index (χ1v) is 12.2. The van der Waals surface area contributed by atoms with E-state index in [2.05, 4.69) is 16.8 Å². The molecule has 2 aromatic heterocycles. The number of aromatic nitrogens is 1. The van der Waals surface area contributed by atoms with E-state index in [0.29, 0.717) is 10.4 Å². The van der Waals surface area contributed by atoms with Gasteiger partial charge in [0.05, 0.1) is 10.4 Å². The highest BCUT2D eigenvalue weighted by molar-refractivity contribution is 7.91. The summed E-state index contributed by atoms with van der Waals surface area (Å²) in [6.07, 6.45) is 0.229. The maximum Gasteiger partial charge on any atom is 0.322 e. The van der Waals surface area contributed by atoms with Crippen LogP contribution in [-0.2, 0) is 21.2 Å². The fourth-order valence-corrected chi connectivity index (χ4v) is 5.67. The van der Waals surface area contributed by atoms with Crippen LogP contribution in [0.2, 0.25) is 0 Å². The van der Waals surface area contributed by atoms with E-state index in [1.807, 2.05) is 4.72 Å². The van der Waals surface area contributed by atoms with Crippen molar-refractivity contribution in [3.63, 3.8) is 0 Å². The second kappa shape index (κ2) is 9.73. The fraction of sp³-hybridized carbons (Fsp3) is 0.0870. The number of thiophene rings is 1. The van der Waals surface area contributed by atoms with E-state index >= 15 is 0 Å². The lowest BCUT2D eigenvalue weighted by Gasteiger charge is -2.14. The Balaban J connectivity index is 1.58. The van der Waals surface area contributed by atoms with Gasteiger partial charge in [0, 0.05) is 23.6 Å². The van der Waals surface area contributed by atoms with E-state index in [1.54, 1.807) is 0 Å². The number of carboxylic acids is 1. The standard InChI is InChI=1S/C23H13F5N2O4S2/c24-13-4-1-11(2-5-13)3-6-14-7-8-16(35-14)36(33,34)30-15(23(31)32)9-12-10-29-22-17(12)18(25)19(26)20(27)21(22)28/h1-2,4-5,7-8,10,15,29-30H,9H2,(H,31,32). The van der Waals surface area contributed by atoms with Crippen molar-refractivity contribution in [2.24, 2.45) is 0 Å². The van der Waals surface area contributed by atoms with Crippen LogP contribution in [0.1, 0.15) is 16.0 Å². The van der Waals surface area contributed by atoms with Gasteiger partial charge in [-0.15, -0.1) is 11.3 Å². The second-order valence-corrected chi connectivity index (χ2v) is 10.4. The molecular formula is C23H13F5N2O4S2. The van der Waals surface area contributed by atoms with E-state index in [0.717, 1.165) is 17.5 Å². The molecule has 0 radical (unpaired) electrons. The summed E-state index contributed by atoms with van der Waals surface area (Å²) in [6, 6.07) is 6.02. The zero-order valence-corrected chi connectivity index (χ0v) is 19.3. The zero-order valence-electron chi connectivity index (χ0n) is 17.7. The number of carboxylic acid groups (broad SMARTS) is 1. The van der Waals surface area contributed by atoms with Crippen LogP contribution >= 0.6 is 11.3 Å². The van der Waals surface area contributed by atoms with Gasteiger partial charge in [-0.2, -0.15) is 4.72 Å². The van der Waals surface area contributed by atoms with Gasteiger partial charge in [0.2, 0.25) is 0 Å². The highest BCUT2D eigenvalue weighted by Crippen LogP contribution is 2.30. The van der Waals surface area contributed by atoms with Crippen molar-refractivity contribution >= 4 is 38.2 Å². The Hall–Kier alpha value is -3.73. The molecule has 0 aliphatic carbocycles. The predicted molar refractivity (Wildman–Crippen MR) is 120 cm³/mol. The van der Waals surface area contributed by atoms with Gasteiger partial charge >= 0.3 is 5.97 Å². The van der Waals surface area contributed by atoms with Crippen LogP contribution in [0.25, 0.3) is 10.9 Å². The van der Waals surface area contributed by atoms with Crippen LogP contribution in [0.15, 0.2) is 46.8 Å². The van der Waals surface area contributed by atoms with Crippen molar-refractivity contribution in [2.75, 3.05) is 0 Å². The molecule has 186 valence electrons. The van der Waals surface area contributed by atoms with E-state index in [-0.39, 0.29) is 9.77 Å². The van der Waals surface area contributed by atoms with Crippen LogP contribution in [0.4, 0.5) is 22.0 Å². The molecule has 4 aromatic rings. The Morgan fingerprint density at radius 2 is 1.64 bits per heavy atom. The predicted octanol–water partition coefficient (Wildman–Crippen LogP) is 4.30. The average Bonchev–Trinajstić information content (AvgIpc) is 3.48. The number of halogens is 5. The van der Waals surface area contributed by atoms with Crippen LogP contribution in [0.3, 0.4) is 0 Å².